The van der Waals surface area contributed by atoms with Crippen LogP contribution in [0.3, 0.4) is 0 Å². The number of aromatic carboxylic acids is 1. The second kappa shape index (κ2) is 28.8. The maximum Gasteiger partial charge on any atom is 0.338 e. The third-order valence-corrected chi connectivity index (χ3v) is 18.7. The van der Waals surface area contributed by atoms with Crippen molar-refractivity contribution in [1.29, 1.82) is 0 Å². The van der Waals surface area contributed by atoms with Crippen LogP contribution in [0.2, 0.25) is 10.3 Å². The number of halogens is 2. The van der Waals surface area contributed by atoms with E-state index in [9.17, 15) is 26.4 Å². The fraction of sp³-hybridized carbons (Fsp3) is 0.548. The van der Waals surface area contributed by atoms with Gasteiger partial charge in [-0.2, -0.15) is 8.42 Å². The summed E-state index contributed by atoms with van der Waals surface area (Å²) in [6.07, 6.45) is 16.8. The Hall–Kier alpha value is -6.40. The Morgan fingerprint density at radius 3 is 1.49 bits per heavy atom. The van der Waals surface area contributed by atoms with E-state index in [4.69, 9.17) is 48.4 Å². The van der Waals surface area contributed by atoms with Crippen LogP contribution in [0.4, 0.5) is 11.6 Å². The van der Waals surface area contributed by atoms with Gasteiger partial charge in [0.05, 0.1) is 24.3 Å². The molecule has 87 heavy (non-hydrogen) atoms. The number of hydrogen-bond acceptors (Lipinski definition) is 16. The van der Waals surface area contributed by atoms with Gasteiger partial charge in [0, 0.05) is 43.1 Å². The summed E-state index contributed by atoms with van der Waals surface area (Å²) in [4.78, 5) is 40.3. The van der Waals surface area contributed by atoms with Crippen LogP contribution in [0, 0.1) is 33.5 Å². The number of carboxylic acid groups (broad SMARTS) is 1. The molecule has 10 rings (SSSR count). The van der Waals surface area contributed by atoms with Crippen LogP contribution in [0.15, 0.2) is 95.2 Å². The fourth-order valence-corrected chi connectivity index (χ4v) is 12.5. The fourth-order valence-electron chi connectivity index (χ4n) is 10.6. The Kier molecular flexibility index (Phi) is 20.2. The summed E-state index contributed by atoms with van der Waals surface area (Å²) in [5, 5.41) is 28.2. The third kappa shape index (κ3) is 20.6. The van der Waals surface area contributed by atoms with Gasteiger partial charge < -0.3 is 25.2 Å². The van der Waals surface area contributed by atoms with E-state index in [1.807, 2.05) is 18.6 Å². The van der Waals surface area contributed by atoms with E-state index in [1.165, 1.54) is 90.7 Å². The highest BCUT2D eigenvalue weighted by Gasteiger charge is 2.37. The second-order valence-electron chi connectivity index (χ2n) is 25.1. The number of carbonyl (C=O) groups is 2. The maximum absolute atomic E-state index is 13.0. The molecule has 0 spiro atoms. The summed E-state index contributed by atoms with van der Waals surface area (Å²) in [6, 6.07) is 18.3. The highest BCUT2D eigenvalue weighted by molar-refractivity contribution is 7.90. The van der Waals surface area contributed by atoms with Gasteiger partial charge in [-0.15, -0.1) is 10.2 Å². The number of nitrogens with two attached hydrogens (primary N) is 1. The molecule has 6 aromatic rings. The number of sulfonamides is 2. The number of carbonyl (C=O) groups excluding carboxylic acids is 1. The molecule has 25 heteroatoms. The number of anilines is 2. The van der Waals surface area contributed by atoms with Gasteiger partial charge in [0.25, 0.3) is 26.0 Å². The lowest BCUT2D eigenvalue weighted by Crippen LogP contribution is -2.31. The largest absolute Gasteiger partial charge is 0.478 e. The average molecular weight is 1280 g/mol. The molecule has 0 aromatic carbocycles. The molecule has 0 radical (unpaired) electrons. The van der Waals surface area contributed by atoms with Gasteiger partial charge in [0.2, 0.25) is 11.8 Å². The number of nitrogens with one attached hydrogen (secondary N) is 3. The summed E-state index contributed by atoms with van der Waals surface area (Å²) in [7, 11) is -8.02. The number of nitrogens with zero attached hydrogens (tertiary/aromatic N) is 8. The first kappa shape index (κ1) is 60.9. The smallest absolute Gasteiger partial charge is 0.338 e. The van der Waals surface area contributed by atoms with Gasteiger partial charge in [-0.3, -0.25) is 4.79 Å². The molecule has 1 amide bonds. The zero-order chi connectivity index (χ0) is 66.2. The van der Waals surface area contributed by atoms with Crippen molar-refractivity contribution in [1.82, 2.24) is 44.2 Å². The van der Waals surface area contributed by atoms with Gasteiger partial charge in [0.15, 0.2) is 21.7 Å². The Bertz CT molecular complexity index is 3760. The molecular weight excluding hydrogens is 1190 g/mol. The molecule has 2 atom stereocenters. The van der Waals surface area contributed by atoms with E-state index in [0.717, 1.165) is 63.3 Å². The van der Waals surface area contributed by atoms with Gasteiger partial charge in [-0.25, -0.2) is 52.4 Å². The Labute approximate surface area is 527 Å². The van der Waals surface area contributed by atoms with E-state index in [1.54, 1.807) is 48.8 Å². The van der Waals surface area contributed by atoms with Crippen molar-refractivity contribution in [3.05, 3.63) is 107 Å². The minimum absolute atomic E-state index is 0.0788. The molecule has 0 bridgehead atoms. The molecule has 4 fully saturated rings. The van der Waals surface area contributed by atoms with Gasteiger partial charge in [-0.1, -0.05) is 76.9 Å². The van der Waals surface area contributed by atoms with Crippen molar-refractivity contribution < 1.29 is 46.5 Å². The number of hydrogen-bond donors (Lipinski definition) is 5. The van der Waals surface area contributed by atoms with Crippen LogP contribution in [-0.2, 0) is 20.0 Å². The minimum atomic E-state index is -4.29. The molecule has 21 nitrogen and oxygen atoms in total. The summed E-state index contributed by atoms with van der Waals surface area (Å²) in [6.45, 7) is 15.1. The van der Waals surface area contributed by atoms with Crippen LogP contribution in [0.1, 0.15) is 183 Å². The quantitative estimate of drug-likeness (QED) is 0.0236. The van der Waals surface area contributed by atoms with Crippen molar-refractivity contribution in [2.75, 3.05) is 36.9 Å². The molecule has 472 valence electrons. The number of ether oxygens (including phenoxy) is 2. The predicted molar refractivity (Wildman–Crippen MR) is 336 cm³/mol. The van der Waals surface area contributed by atoms with Crippen LogP contribution >= 0.6 is 23.2 Å². The molecule has 4 aliphatic carbocycles. The maximum atomic E-state index is 13.0. The van der Waals surface area contributed by atoms with Gasteiger partial charge >= 0.3 is 5.97 Å². The average Bonchev–Trinajstić information content (AvgIpc) is 1.70. The lowest BCUT2D eigenvalue weighted by Gasteiger charge is -2.17. The number of amides is 1. The summed E-state index contributed by atoms with van der Waals surface area (Å²) in [5.74, 6) is 1.73. The predicted octanol–water partition coefficient (Wildman–Crippen LogP) is 12.7. The first-order valence-electron chi connectivity index (χ1n) is 31.6. The molecule has 4 saturated carbocycles. The van der Waals surface area contributed by atoms with Gasteiger partial charge in [0.1, 0.15) is 21.9 Å². The van der Waals surface area contributed by atoms with Crippen molar-refractivity contribution >= 4 is 66.8 Å². The number of carboxylic acids is 1. The summed E-state index contributed by atoms with van der Waals surface area (Å²) >= 11 is 12.1. The van der Waals surface area contributed by atoms with Gasteiger partial charge in [-0.05, 0) is 198 Å². The Morgan fingerprint density at radius 1 is 0.632 bits per heavy atom. The molecule has 0 saturated heterocycles. The molecular formula is C62H84Cl2N12O9S2. The second-order valence-corrected chi connectivity index (χ2v) is 28.9. The summed E-state index contributed by atoms with van der Waals surface area (Å²) in [5.41, 5.74) is 0.195. The van der Waals surface area contributed by atoms with Crippen LogP contribution in [-0.4, -0.2) is 99.6 Å². The topological polar surface area (TPSA) is 290 Å². The number of primary sulfonamides is 1. The van der Waals surface area contributed by atoms with Crippen LogP contribution in [0.25, 0.3) is 11.6 Å². The highest BCUT2D eigenvalue weighted by atomic mass is 35.5. The normalized spacial score (nSPS) is 19.5. The lowest BCUT2D eigenvalue weighted by molar-refractivity contribution is 0.0696. The Morgan fingerprint density at radius 2 is 1.08 bits per heavy atom. The molecule has 6 aromatic heterocycles. The van der Waals surface area contributed by atoms with E-state index in [-0.39, 0.29) is 67.8 Å². The number of aromatic nitrogens is 8. The highest BCUT2D eigenvalue weighted by Crippen LogP contribution is 2.50. The molecule has 6 N–H and O–H groups in total. The van der Waals surface area contributed by atoms with Crippen molar-refractivity contribution in [2.24, 2.45) is 38.6 Å². The standard InChI is InChI=1S/C31H41ClN6O4S.C16H18ClN3O3.C15H25N3O2S/c1-30(2)15-12-22(21-30)7-5-18-33-24-8-4-9-27(34-24)43(40,41)37-29(39)23-10-11-25(35-28(23)32)38-19-13-26(36-38)42-20-6-14-31(3)16-17-31;1-16(7-8-16)6-2-10-23-13-5-9-20(19-13)12-4-3-11(15(21)22)14(17)18-12;1-15(2)9-8-12(11-15)5-4-10-17-13-6-3-7-14(18-13)21(16,19)20/h4,8-11,13,19,22H,5-7,12,14-18,20-21H2,1-3H3,(H,33,34)(H,37,39);3-5,9H,2,6-8,10H2,1H3,(H,21,22);3,6-7,12H,4-5,8-11H2,1-2H3,(H,17,18)(H2,16,19,20)/t22-;;12-/m1.1/s1/i14D2;6D2;. The van der Waals surface area contributed by atoms with Crippen LogP contribution < -0.4 is 30.0 Å². The zero-order valence-electron chi connectivity index (χ0n) is 54.3. The lowest BCUT2D eigenvalue weighted by atomic mass is 9.89. The van der Waals surface area contributed by atoms with E-state index < -0.39 is 44.7 Å². The molecule has 0 unspecified atom stereocenters. The first-order chi connectivity index (χ1) is 42.6. The molecule has 0 aliphatic heterocycles. The molecule has 4 aliphatic rings. The number of pyridine rings is 4. The first-order valence-corrected chi connectivity index (χ1v) is 33.4. The van der Waals surface area contributed by atoms with Crippen molar-refractivity contribution in [3.8, 4) is 23.4 Å². The van der Waals surface area contributed by atoms with E-state index in [0.29, 0.717) is 53.0 Å². The zero-order valence-corrected chi connectivity index (χ0v) is 53.5. The minimum Gasteiger partial charge on any atom is -0.478 e. The third-order valence-electron chi connectivity index (χ3n) is 16.1. The van der Waals surface area contributed by atoms with E-state index in [2.05, 4.69) is 68.5 Å². The summed E-state index contributed by atoms with van der Waals surface area (Å²) < 4.78 is 97.3. The van der Waals surface area contributed by atoms with Crippen molar-refractivity contribution in [3.63, 3.8) is 0 Å². The Balaban J connectivity index is 0.000000195. The SMILES string of the molecule is CC1(C)CC[C@@H](CCCNc2cccc(S(N)(=O)=O)n2)C1.[2H]C([2H])(CCOc1ccn(-c2ccc(C(=O)NS(=O)(=O)c3cccc(NCCC[C@@H]4CCC(C)(C)C4)n3)c(Cl)n2)n1)C1(C)CC1.[2H]C([2H])(CCOc1ccn(-c2ccc(C(=O)O)c(Cl)n2)n1)C1(C)CC1. The monoisotopic (exact) mass is 1280 g/mol. The number of rotatable bonds is 27. The van der Waals surface area contributed by atoms with Crippen molar-refractivity contribution in [2.45, 2.75) is 167 Å². The molecule has 6 heterocycles. The van der Waals surface area contributed by atoms with E-state index >= 15 is 0 Å². The van der Waals surface area contributed by atoms with Crippen LogP contribution in [0.5, 0.6) is 11.8 Å².